The van der Waals surface area contributed by atoms with E-state index in [-0.39, 0.29) is 0 Å². The van der Waals surface area contributed by atoms with Crippen molar-refractivity contribution in [3.05, 3.63) is 36.2 Å². The molecule has 0 saturated heterocycles. The van der Waals surface area contributed by atoms with Crippen molar-refractivity contribution < 1.29 is 0 Å². The second-order valence-electron chi connectivity index (χ2n) is 4.12. The molecule has 0 amide bonds. The summed E-state index contributed by atoms with van der Waals surface area (Å²) in [6, 6.07) is 6.41. The molecule has 0 atom stereocenters. The van der Waals surface area contributed by atoms with Gasteiger partial charge in [-0.2, -0.15) is 0 Å². The van der Waals surface area contributed by atoms with Crippen LogP contribution in [0.15, 0.2) is 30.6 Å². The molecule has 1 heterocycles. The van der Waals surface area contributed by atoms with Crippen LogP contribution in [0.4, 0.5) is 11.4 Å². The van der Waals surface area contributed by atoms with Gasteiger partial charge in [-0.3, -0.25) is 0 Å². The molecular weight excluding hydrogens is 198 g/mol. The maximum Gasteiger partial charge on any atom is 0.0986 e. The van der Waals surface area contributed by atoms with Gasteiger partial charge < -0.3 is 15.5 Å². The van der Waals surface area contributed by atoms with Crippen molar-refractivity contribution in [2.45, 2.75) is 19.9 Å². The van der Waals surface area contributed by atoms with Gasteiger partial charge in [0.15, 0.2) is 0 Å². The molecule has 2 rings (SSSR count). The first kappa shape index (κ1) is 10.9. The zero-order chi connectivity index (χ0) is 11.5. The molecule has 0 aromatic heterocycles. The smallest absolute Gasteiger partial charge is 0.0986 e. The molecule has 3 nitrogen and oxygen atoms in total. The number of hydrogen-bond donors (Lipinski definition) is 2. The van der Waals surface area contributed by atoms with E-state index >= 15 is 0 Å². The van der Waals surface area contributed by atoms with Gasteiger partial charge in [0, 0.05) is 31.5 Å². The van der Waals surface area contributed by atoms with Gasteiger partial charge in [0.1, 0.15) is 0 Å². The SMILES string of the molecule is C=C1Nc2cc(NC)ccc2CN1CCC. The Labute approximate surface area is 97.2 Å². The summed E-state index contributed by atoms with van der Waals surface area (Å²) in [6.45, 7) is 8.26. The molecule has 0 spiro atoms. The van der Waals surface area contributed by atoms with E-state index in [2.05, 4.69) is 47.2 Å². The summed E-state index contributed by atoms with van der Waals surface area (Å²) in [5.74, 6) is 1.00. The summed E-state index contributed by atoms with van der Waals surface area (Å²) in [5.41, 5.74) is 3.63. The number of fused-ring (bicyclic) bond motifs is 1. The Bertz CT molecular complexity index is 398. The highest BCUT2D eigenvalue weighted by Gasteiger charge is 2.17. The van der Waals surface area contributed by atoms with Crippen molar-refractivity contribution in [3.8, 4) is 0 Å². The average Bonchev–Trinajstić information content (AvgIpc) is 2.30. The fourth-order valence-corrected chi connectivity index (χ4v) is 2.01. The monoisotopic (exact) mass is 217 g/mol. The number of benzene rings is 1. The van der Waals surface area contributed by atoms with Crippen molar-refractivity contribution in [1.82, 2.24) is 4.90 Å². The first-order valence-corrected chi connectivity index (χ1v) is 5.76. The molecule has 0 aliphatic carbocycles. The van der Waals surface area contributed by atoms with Gasteiger partial charge >= 0.3 is 0 Å². The molecule has 1 aliphatic heterocycles. The van der Waals surface area contributed by atoms with Crippen LogP contribution in [0, 0.1) is 0 Å². The maximum absolute atomic E-state index is 4.06. The van der Waals surface area contributed by atoms with Gasteiger partial charge in [-0.25, -0.2) is 0 Å². The number of nitrogens with one attached hydrogen (secondary N) is 2. The third kappa shape index (κ3) is 1.98. The minimum atomic E-state index is 0.957. The maximum atomic E-state index is 4.06. The van der Waals surface area contributed by atoms with Gasteiger partial charge in [0.25, 0.3) is 0 Å². The second-order valence-corrected chi connectivity index (χ2v) is 4.12. The normalized spacial score (nSPS) is 14.4. The van der Waals surface area contributed by atoms with Crippen molar-refractivity contribution in [1.29, 1.82) is 0 Å². The Morgan fingerprint density at radius 1 is 1.50 bits per heavy atom. The number of rotatable bonds is 3. The number of nitrogens with zero attached hydrogens (tertiary/aromatic N) is 1. The third-order valence-corrected chi connectivity index (χ3v) is 2.91. The van der Waals surface area contributed by atoms with E-state index in [4.69, 9.17) is 0 Å². The van der Waals surface area contributed by atoms with Crippen LogP contribution in [-0.4, -0.2) is 18.5 Å². The highest BCUT2D eigenvalue weighted by molar-refractivity contribution is 5.64. The van der Waals surface area contributed by atoms with E-state index in [1.807, 2.05) is 7.05 Å². The Hall–Kier alpha value is -1.64. The predicted octanol–water partition coefficient (Wildman–Crippen LogP) is 2.84. The molecule has 0 saturated carbocycles. The lowest BCUT2D eigenvalue weighted by Crippen LogP contribution is -2.31. The summed E-state index contributed by atoms with van der Waals surface area (Å²) in [7, 11) is 1.93. The van der Waals surface area contributed by atoms with E-state index in [9.17, 15) is 0 Å². The molecule has 0 bridgehead atoms. The fourth-order valence-electron chi connectivity index (χ4n) is 2.01. The summed E-state index contributed by atoms with van der Waals surface area (Å²) < 4.78 is 0. The third-order valence-electron chi connectivity index (χ3n) is 2.91. The van der Waals surface area contributed by atoms with Crippen LogP contribution in [0.2, 0.25) is 0 Å². The molecule has 0 fully saturated rings. The van der Waals surface area contributed by atoms with Crippen molar-refractivity contribution in [2.24, 2.45) is 0 Å². The quantitative estimate of drug-likeness (QED) is 0.815. The Morgan fingerprint density at radius 3 is 3.00 bits per heavy atom. The Balaban J connectivity index is 2.24. The molecule has 1 aliphatic rings. The summed E-state index contributed by atoms with van der Waals surface area (Å²) in [6.07, 6.45) is 1.14. The lowest BCUT2D eigenvalue weighted by Gasteiger charge is -2.33. The molecule has 0 radical (unpaired) electrons. The summed E-state index contributed by atoms with van der Waals surface area (Å²) >= 11 is 0. The molecule has 2 N–H and O–H groups in total. The van der Waals surface area contributed by atoms with Crippen LogP contribution in [0.3, 0.4) is 0 Å². The molecular formula is C13H19N3. The van der Waals surface area contributed by atoms with E-state index in [1.165, 1.54) is 11.3 Å². The minimum Gasteiger partial charge on any atom is -0.388 e. The van der Waals surface area contributed by atoms with Crippen molar-refractivity contribution in [3.63, 3.8) is 0 Å². The van der Waals surface area contributed by atoms with Gasteiger partial charge in [-0.1, -0.05) is 19.6 Å². The van der Waals surface area contributed by atoms with Crippen molar-refractivity contribution in [2.75, 3.05) is 24.2 Å². The van der Waals surface area contributed by atoms with E-state index < -0.39 is 0 Å². The van der Waals surface area contributed by atoms with E-state index in [1.54, 1.807) is 0 Å². The zero-order valence-electron chi connectivity index (χ0n) is 10.0. The zero-order valence-corrected chi connectivity index (χ0v) is 10.0. The Morgan fingerprint density at radius 2 is 2.31 bits per heavy atom. The van der Waals surface area contributed by atoms with Crippen LogP contribution < -0.4 is 10.6 Å². The van der Waals surface area contributed by atoms with Gasteiger partial charge in [0.2, 0.25) is 0 Å². The van der Waals surface area contributed by atoms with E-state index in [0.717, 1.165) is 31.0 Å². The molecule has 86 valence electrons. The summed E-state index contributed by atoms with van der Waals surface area (Å²) in [4.78, 5) is 2.28. The average molecular weight is 217 g/mol. The van der Waals surface area contributed by atoms with Crippen molar-refractivity contribution >= 4 is 11.4 Å². The van der Waals surface area contributed by atoms with Crippen LogP contribution in [-0.2, 0) is 6.54 Å². The number of hydrogen-bond acceptors (Lipinski definition) is 3. The second kappa shape index (κ2) is 4.47. The molecule has 3 heteroatoms. The largest absolute Gasteiger partial charge is 0.388 e. The topological polar surface area (TPSA) is 27.3 Å². The lowest BCUT2D eigenvalue weighted by atomic mass is 10.1. The van der Waals surface area contributed by atoms with Gasteiger partial charge in [0.05, 0.1) is 5.82 Å². The van der Waals surface area contributed by atoms with Gasteiger partial charge in [-0.05, 0) is 24.1 Å². The molecule has 1 aromatic carbocycles. The number of anilines is 2. The summed E-state index contributed by atoms with van der Waals surface area (Å²) in [5, 5.41) is 6.51. The van der Waals surface area contributed by atoms with Crippen LogP contribution >= 0.6 is 0 Å². The molecule has 1 aromatic rings. The lowest BCUT2D eigenvalue weighted by molar-refractivity contribution is 0.334. The standard InChI is InChI=1S/C13H19N3/c1-4-7-16-9-11-5-6-12(14-3)8-13(11)15-10(16)2/h5-6,8,14-15H,2,4,7,9H2,1,3H3. The molecule has 16 heavy (non-hydrogen) atoms. The Kier molecular flexibility index (Phi) is 3.04. The highest BCUT2D eigenvalue weighted by Crippen LogP contribution is 2.28. The van der Waals surface area contributed by atoms with E-state index in [0.29, 0.717) is 0 Å². The fraction of sp³-hybridized carbons (Fsp3) is 0.385. The van der Waals surface area contributed by atoms with Crippen LogP contribution in [0.25, 0.3) is 0 Å². The predicted molar refractivity (Wildman–Crippen MR) is 69.5 cm³/mol. The first-order valence-electron chi connectivity index (χ1n) is 5.76. The van der Waals surface area contributed by atoms with Crippen LogP contribution in [0.1, 0.15) is 18.9 Å². The first-order chi connectivity index (χ1) is 7.74. The van der Waals surface area contributed by atoms with Crippen LogP contribution in [0.5, 0.6) is 0 Å². The van der Waals surface area contributed by atoms with Gasteiger partial charge in [-0.15, -0.1) is 0 Å². The minimum absolute atomic E-state index is 0.957. The highest BCUT2D eigenvalue weighted by atomic mass is 15.3. The molecule has 0 unspecified atom stereocenters.